The molecule has 4 aromatic carbocycles. The number of hydrogen-bond acceptors (Lipinski definition) is 6. The molecule has 0 aliphatic carbocycles. The van der Waals surface area contributed by atoms with Crippen LogP contribution in [0.15, 0.2) is 113 Å². The monoisotopic (exact) mass is 691 g/mol. The first-order chi connectivity index (χ1) is 19.1. The van der Waals surface area contributed by atoms with Crippen LogP contribution in [0.4, 0.5) is 17.1 Å². The Labute approximate surface area is 247 Å². The third kappa shape index (κ3) is 7.31. The van der Waals surface area contributed by atoms with E-state index in [2.05, 4.69) is 32.6 Å². The first kappa shape index (κ1) is 29.4. The number of hydrogen-bond donors (Lipinski definition) is 2. The molecule has 208 valence electrons. The number of anilines is 3. The topological polar surface area (TPSA) is 122 Å². The fourth-order valence-corrected chi connectivity index (χ4v) is 6.55. The van der Waals surface area contributed by atoms with Crippen LogP contribution in [0, 0.1) is 3.57 Å². The zero-order valence-electron chi connectivity index (χ0n) is 21.3. The van der Waals surface area contributed by atoms with Crippen LogP contribution in [0.5, 0.6) is 5.75 Å². The molecule has 9 nitrogen and oxygen atoms in total. The molecule has 0 atom stereocenters. The average Bonchev–Trinajstić information content (AvgIpc) is 2.94. The van der Waals surface area contributed by atoms with Crippen LogP contribution in [0.25, 0.3) is 0 Å². The highest BCUT2D eigenvalue weighted by atomic mass is 127. The molecule has 0 fully saturated rings. The first-order valence-corrected chi connectivity index (χ1v) is 16.1. The average molecular weight is 692 g/mol. The number of nitrogens with zero attached hydrogens (tertiary/aromatic N) is 1. The zero-order valence-corrected chi connectivity index (χ0v) is 25.1. The maximum absolute atomic E-state index is 13.4. The highest BCUT2D eigenvalue weighted by molar-refractivity contribution is 14.1. The van der Waals surface area contributed by atoms with E-state index in [0.717, 1.165) is 7.88 Å². The standard InChI is InChI=1S/C28H26IN3O6S2/c1-2-38-25-16-10-23(11-17-25)31-39(34,35)26-18-12-22(13-19-26)30-28(33)20-32(24-14-8-21(29)9-15-24)40(36,37)27-6-4-3-5-7-27/h3-19,31H,2,20H2,1H3,(H,30,33). The van der Waals surface area contributed by atoms with Crippen molar-refractivity contribution >= 4 is 65.6 Å². The van der Waals surface area contributed by atoms with E-state index in [1.165, 1.54) is 36.4 Å². The van der Waals surface area contributed by atoms with Gasteiger partial charge in [-0.05, 0) is 114 Å². The van der Waals surface area contributed by atoms with Gasteiger partial charge in [0.25, 0.3) is 20.0 Å². The van der Waals surface area contributed by atoms with Gasteiger partial charge in [0.15, 0.2) is 0 Å². The predicted octanol–water partition coefficient (Wildman–Crippen LogP) is 5.32. The molecule has 0 radical (unpaired) electrons. The lowest BCUT2D eigenvalue weighted by molar-refractivity contribution is -0.114. The molecule has 0 bridgehead atoms. The molecule has 0 aliphatic rings. The molecule has 0 heterocycles. The summed E-state index contributed by atoms with van der Waals surface area (Å²) in [7, 11) is -7.93. The number of carbonyl (C=O) groups excluding carboxylic acids is 1. The quantitative estimate of drug-likeness (QED) is 0.205. The van der Waals surface area contributed by atoms with E-state index in [1.807, 2.05) is 6.92 Å². The second-order valence-electron chi connectivity index (χ2n) is 8.44. The van der Waals surface area contributed by atoms with Crippen molar-refractivity contribution in [3.05, 3.63) is 107 Å². The van der Waals surface area contributed by atoms with Crippen molar-refractivity contribution in [3.63, 3.8) is 0 Å². The van der Waals surface area contributed by atoms with Crippen molar-refractivity contribution < 1.29 is 26.4 Å². The summed E-state index contributed by atoms with van der Waals surface area (Å²) in [5.41, 5.74) is 1.02. The van der Waals surface area contributed by atoms with Gasteiger partial charge in [-0.15, -0.1) is 0 Å². The van der Waals surface area contributed by atoms with Gasteiger partial charge in [0.2, 0.25) is 5.91 Å². The Morgan fingerprint density at radius 1 is 0.775 bits per heavy atom. The summed E-state index contributed by atoms with van der Waals surface area (Å²) in [6.45, 7) is 1.87. The van der Waals surface area contributed by atoms with Crippen LogP contribution in [-0.4, -0.2) is 35.9 Å². The molecule has 0 saturated heterocycles. The lowest BCUT2D eigenvalue weighted by Crippen LogP contribution is -2.38. The summed E-state index contributed by atoms with van der Waals surface area (Å²) in [5, 5.41) is 2.65. The highest BCUT2D eigenvalue weighted by Crippen LogP contribution is 2.25. The minimum atomic E-state index is -4.04. The first-order valence-electron chi connectivity index (χ1n) is 12.1. The van der Waals surface area contributed by atoms with Gasteiger partial charge in [-0.2, -0.15) is 0 Å². The maximum atomic E-state index is 13.4. The SMILES string of the molecule is CCOc1ccc(NS(=O)(=O)c2ccc(NC(=O)CN(c3ccc(I)cc3)S(=O)(=O)c3ccccc3)cc2)cc1. The van der Waals surface area contributed by atoms with Gasteiger partial charge in [-0.25, -0.2) is 16.8 Å². The summed E-state index contributed by atoms with van der Waals surface area (Å²) in [4.78, 5) is 13.0. The number of benzene rings is 4. The van der Waals surface area contributed by atoms with Crippen molar-refractivity contribution in [1.29, 1.82) is 0 Å². The van der Waals surface area contributed by atoms with Gasteiger partial charge in [0.1, 0.15) is 12.3 Å². The molecule has 4 rings (SSSR count). The molecule has 12 heteroatoms. The summed E-state index contributed by atoms with van der Waals surface area (Å²) in [6, 6.07) is 26.7. The smallest absolute Gasteiger partial charge is 0.264 e. The molecule has 0 spiro atoms. The van der Waals surface area contributed by atoms with Crippen molar-refractivity contribution in [2.45, 2.75) is 16.7 Å². The van der Waals surface area contributed by atoms with Crippen molar-refractivity contribution in [2.24, 2.45) is 0 Å². The number of nitrogens with one attached hydrogen (secondary N) is 2. The number of rotatable bonds is 11. The van der Waals surface area contributed by atoms with Crippen LogP contribution in [-0.2, 0) is 24.8 Å². The van der Waals surface area contributed by atoms with E-state index in [-0.39, 0.29) is 9.79 Å². The fraction of sp³-hybridized carbons (Fsp3) is 0.107. The van der Waals surface area contributed by atoms with Gasteiger partial charge in [0, 0.05) is 14.9 Å². The summed E-state index contributed by atoms with van der Waals surface area (Å²) in [5.74, 6) is 0.0314. The molecule has 0 saturated carbocycles. The highest BCUT2D eigenvalue weighted by Gasteiger charge is 2.27. The van der Waals surface area contributed by atoms with E-state index in [0.29, 0.717) is 29.4 Å². The van der Waals surface area contributed by atoms with Gasteiger partial charge >= 0.3 is 0 Å². The molecule has 0 unspecified atom stereocenters. The number of sulfonamides is 2. The molecular weight excluding hydrogens is 665 g/mol. The molecule has 4 aromatic rings. The number of halogens is 1. The van der Waals surface area contributed by atoms with E-state index >= 15 is 0 Å². The maximum Gasteiger partial charge on any atom is 0.264 e. The lowest BCUT2D eigenvalue weighted by atomic mass is 10.3. The Morgan fingerprint density at radius 2 is 1.38 bits per heavy atom. The van der Waals surface area contributed by atoms with Crippen LogP contribution in [0.1, 0.15) is 6.92 Å². The van der Waals surface area contributed by atoms with Crippen LogP contribution < -0.4 is 19.1 Å². The molecular formula is C28H26IN3O6S2. The Kier molecular flexibility index (Phi) is 9.32. The van der Waals surface area contributed by atoms with E-state index in [1.54, 1.807) is 66.7 Å². The molecule has 2 N–H and O–H groups in total. The van der Waals surface area contributed by atoms with Gasteiger partial charge < -0.3 is 10.1 Å². The van der Waals surface area contributed by atoms with E-state index in [9.17, 15) is 21.6 Å². The van der Waals surface area contributed by atoms with Crippen LogP contribution >= 0.6 is 22.6 Å². The Balaban J connectivity index is 1.48. The van der Waals surface area contributed by atoms with Gasteiger partial charge in [-0.3, -0.25) is 13.8 Å². The molecule has 0 aromatic heterocycles. The second-order valence-corrected chi connectivity index (χ2v) is 13.2. The minimum Gasteiger partial charge on any atom is -0.494 e. The molecule has 40 heavy (non-hydrogen) atoms. The van der Waals surface area contributed by atoms with Gasteiger partial charge in [0.05, 0.1) is 22.1 Å². The van der Waals surface area contributed by atoms with E-state index in [4.69, 9.17) is 4.74 Å². The Bertz CT molecular complexity index is 1660. The Hall–Kier alpha value is -3.62. The van der Waals surface area contributed by atoms with Crippen molar-refractivity contribution in [3.8, 4) is 5.75 Å². The number of amides is 1. The second kappa shape index (κ2) is 12.7. The summed E-state index contributed by atoms with van der Waals surface area (Å²) < 4.78 is 62.3. The summed E-state index contributed by atoms with van der Waals surface area (Å²) in [6.07, 6.45) is 0. The van der Waals surface area contributed by atoms with Crippen molar-refractivity contribution in [2.75, 3.05) is 27.5 Å². The van der Waals surface area contributed by atoms with Crippen LogP contribution in [0.3, 0.4) is 0 Å². The number of carbonyl (C=O) groups is 1. The molecule has 0 aliphatic heterocycles. The van der Waals surface area contributed by atoms with Gasteiger partial charge in [-0.1, -0.05) is 18.2 Å². The third-order valence-corrected chi connectivity index (χ3v) is 9.50. The van der Waals surface area contributed by atoms with Crippen molar-refractivity contribution in [1.82, 2.24) is 0 Å². The Morgan fingerprint density at radius 3 is 1.98 bits per heavy atom. The third-order valence-electron chi connectivity index (χ3n) is 5.60. The summed E-state index contributed by atoms with van der Waals surface area (Å²) >= 11 is 2.11. The normalized spacial score (nSPS) is 11.4. The minimum absolute atomic E-state index is 0.00782. The molecule has 1 amide bonds. The lowest BCUT2D eigenvalue weighted by Gasteiger charge is -2.24. The predicted molar refractivity (Wildman–Crippen MR) is 164 cm³/mol. The largest absolute Gasteiger partial charge is 0.494 e. The number of ether oxygens (including phenoxy) is 1. The zero-order chi connectivity index (χ0) is 28.8. The van der Waals surface area contributed by atoms with E-state index < -0.39 is 32.5 Å². The fourth-order valence-electron chi connectivity index (χ4n) is 3.69. The van der Waals surface area contributed by atoms with Crippen LogP contribution in [0.2, 0.25) is 0 Å².